The number of hydrogen-bond donors (Lipinski definition) is 1. The third-order valence-corrected chi connectivity index (χ3v) is 2.70. The first-order valence-corrected chi connectivity index (χ1v) is 6.07. The number of aromatic nitrogens is 2. The predicted molar refractivity (Wildman–Crippen MR) is 66.9 cm³/mol. The van der Waals surface area contributed by atoms with Crippen LogP contribution in [0.5, 0.6) is 0 Å². The van der Waals surface area contributed by atoms with Crippen LogP contribution in [0.3, 0.4) is 0 Å². The summed E-state index contributed by atoms with van der Waals surface area (Å²) >= 11 is 5.96. The van der Waals surface area contributed by atoms with Crippen molar-refractivity contribution in [2.75, 3.05) is 11.9 Å². The van der Waals surface area contributed by atoms with Gasteiger partial charge in [0.05, 0.1) is 0 Å². The Morgan fingerprint density at radius 2 is 2.31 bits per heavy atom. The van der Waals surface area contributed by atoms with Crippen molar-refractivity contribution in [3.63, 3.8) is 0 Å². The molecule has 1 heterocycles. The van der Waals surface area contributed by atoms with Gasteiger partial charge >= 0.3 is 0 Å². The van der Waals surface area contributed by atoms with E-state index in [4.69, 9.17) is 11.6 Å². The third-order valence-electron chi connectivity index (χ3n) is 2.51. The molecule has 1 fully saturated rings. The molecule has 0 amide bonds. The molecule has 0 aliphatic heterocycles. The second-order valence-electron chi connectivity index (χ2n) is 3.99. The quantitative estimate of drug-likeness (QED) is 0.485. The second kappa shape index (κ2) is 5.30. The molecule has 1 aromatic heterocycles. The summed E-state index contributed by atoms with van der Waals surface area (Å²) in [5.41, 5.74) is 0. The summed E-state index contributed by atoms with van der Waals surface area (Å²) in [6.45, 7) is 2.90. The highest BCUT2D eigenvalue weighted by atomic mass is 35.5. The van der Waals surface area contributed by atoms with Crippen LogP contribution in [-0.4, -0.2) is 16.5 Å². The molecule has 0 aromatic carbocycles. The van der Waals surface area contributed by atoms with Gasteiger partial charge in [0.25, 0.3) is 0 Å². The first-order valence-electron chi connectivity index (χ1n) is 5.69. The maximum atomic E-state index is 5.96. The first-order chi connectivity index (χ1) is 7.79. The molecular weight excluding hydrogens is 222 g/mol. The number of nitrogens with one attached hydrogen (secondary N) is 1. The Labute approximate surface area is 101 Å². The van der Waals surface area contributed by atoms with E-state index in [1.165, 1.54) is 12.8 Å². The zero-order valence-electron chi connectivity index (χ0n) is 9.41. The van der Waals surface area contributed by atoms with Crippen molar-refractivity contribution in [1.29, 1.82) is 0 Å². The number of nitrogens with zero attached hydrogens (tertiary/aromatic N) is 2. The minimum absolute atomic E-state index is 0.533. The number of anilines is 1. The molecule has 3 nitrogen and oxygen atoms in total. The summed E-state index contributed by atoms with van der Waals surface area (Å²) < 4.78 is 0. The number of hydrogen-bond acceptors (Lipinski definition) is 3. The highest BCUT2D eigenvalue weighted by Gasteiger charge is 2.27. The fraction of sp³-hybridized carbons (Fsp3) is 0.500. The van der Waals surface area contributed by atoms with E-state index in [1.807, 2.05) is 13.0 Å². The Morgan fingerprint density at radius 1 is 1.50 bits per heavy atom. The van der Waals surface area contributed by atoms with E-state index >= 15 is 0 Å². The van der Waals surface area contributed by atoms with Gasteiger partial charge in [-0.2, -0.15) is 0 Å². The average Bonchev–Trinajstić information content (AvgIpc) is 3.07. The van der Waals surface area contributed by atoms with Crippen molar-refractivity contribution in [2.24, 2.45) is 0 Å². The summed E-state index contributed by atoms with van der Waals surface area (Å²) in [5, 5.41) is 3.79. The van der Waals surface area contributed by atoms with E-state index in [1.54, 1.807) is 6.07 Å². The van der Waals surface area contributed by atoms with Gasteiger partial charge in [-0.05, 0) is 26.2 Å². The summed E-state index contributed by atoms with van der Waals surface area (Å²) in [6, 6.07) is 1.78. The molecule has 16 heavy (non-hydrogen) atoms. The molecule has 2 rings (SSSR count). The normalized spacial score (nSPS) is 15.6. The summed E-state index contributed by atoms with van der Waals surface area (Å²) in [5.74, 6) is 2.27. The lowest BCUT2D eigenvalue weighted by molar-refractivity contribution is 0.918. The van der Waals surface area contributed by atoms with Gasteiger partial charge in [-0.25, -0.2) is 9.97 Å². The van der Waals surface area contributed by atoms with Crippen LogP contribution in [-0.2, 0) is 0 Å². The standard InChI is InChI=1S/C12H16ClN3/c1-2-3-4-7-14-11-8-10(13)15-12(16-11)9-5-6-9/h2-3,8-9H,4-7H2,1H3,(H,14,15,16)/b3-2+. The Morgan fingerprint density at radius 3 is 3.00 bits per heavy atom. The number of halogens is 1. The van der Waals surface area contributed by atoms with Gasteiger partial charge < -0.3 is 5.32 Å². The van der Waals surface area contributed by atoms with E-state index in [0.717, 1.165) is 24.6 Å². The van der Waals surface area contributed by atoms with Gasteiger partial charge in [-0.15, -0.1) is 0 Å². The van der Waals surface area contributed by atoms with Crippen LogP contribution in [0.1, 0.15) is 37.9 Å². The van der Waals surface area contributed by atoms with Crippen LogP contribution in [0, 0.1) is 0 Å². The van der Waals surface area contributed by atoms with Crippen LogP contribution < -0.4 is 5.32 Å². The Kier molecular flexibility index (Phi) is 3.78. The van der Waals surface area contributed by atoms with Gasteiger partial charge in [0.2, 0.25) is 0 Å². The predicted octanol–water partition coefficient (Wildman–Crippen LogP) is 3.39. The smallest absolute Gasteiger partial charge is 0.135 e. The van der Waals surface area contributed by atoms with E-state index in [-0.39, 0.29) is 0 Å². The molecule has 0 radical (unpaired) electrons. The molecule has 1 aliphatic rings. The van der Waals surface area contributed by atoms with Crippen LogP contribution in [0.2, 0.25) is 5.15 Å². The van der Waals surface area contributed by atoms with Gasteiger partial charge in [0.15, 0.2) is 0 Å². The summed E-state index contributed by atoms with van der Waals surface area (Å²) in [7, 11) is 0. The summed E-state index contributed by atoms with van der Waals surface area (Å²) in [4.78, 5) is 8.70. The van der Waals surface area contributed by atoms with E-state index in [2.05, 4.69) is 21.4 Å². The van der Waals surface area contributed by atoms with Crippen molar-refractivity contribution in [3.05, 3.63) is 29.2 Å². The van der Waals surface area contributed by atoms with Crippen LogP contribution in [0.4, 0.5) is 5.82 Å². The molecule has 1 saturated carbocycles. The SMILES string of the molecule is C/C=C/CCNc1cc(Cl)nc(C2CC2)n1. The fourth-order valence-electron chi connectivity index (χ4n) is 1.50. The highest BCUT2D eigenvalue weighted by Crippen LogP contribution is 2.38. The first kappa shape index (κ1) is 11.4. The van der Waals surface area contributed by atoms with Crippen molar-refractivity contribution in [1.82, 2.24) is 9.97 Å². The summed E-state index contributed by atoms with van der Waals surface area (Å²) in [6.07, 6.45) is 7.55. The molecule has 1 aliphatic carbocycles. The van der Waals surface area contributed by atoms with Crippen molar-refractivity contribution in [2.45, 2.75) is 32.1 Å². The van der Waals surface area contributed by atoms with Gasteiger partial charge in [-0.1, -0.05) is 23.8 Å². The van der Waals surface area contributed by atoms with E-state index < -0.39 is 0 Å². The lowest BCUT2D eigenvalue weighted by atomic mass is 10.3. The molecule has 86 valence electrons. The molecule has 1 N–H and O–H groups in total. The molecular formula is C12H16ClN3. The van der Waals surface area contributed by atoms with Crippen molar-refractivity contribution >= 4 is 17.4 Å². The topological polar surface area (TPSA) is 37.8 Å². The van der Waals surface area contributed by atoms with Crippen molar-refractivity contribution < 1.29 is 0 Å². The van der Waals surface area contributed by atoms with Crippen molar-refractivity contribution in [3.8, 4) is 0 Å². The number of rotatable bonds is 5. The van der Waals surface area contributed by atoms with Crippen LogP contribution in [0.25, 0.3) is 0 Å². The zero-order chi connectivity index (χ0) is 11.4. The molecule has 0 spiro atoms. The number of allylic oxidation sites excluding steroid dienone is 1. The highest BCUT2D eigenvalue weighted by molar-refractivity contribution is 6.29. The van der Waals surface area contributed by atoms with Crippen LogP contribution in [0.15, 0.2) is 18.2 Å². The maximum Gasteiger partial charge on any atom is 0.135 e. The molecule has 0 saturated heterocycles. The van der Waals surface area contributed by atoms with E-state index in [0.29, 0.717) is 11.1 Å². The lowest BCUT2D eigenvalue weighted by Gasteiger charge is -2.06. The van der Waals surface area contributed by atoms with E-state index in [9.17, 15) is 0 Å². The average molecular weight is 238 g/mol. The largest absolute Gasteiger partial charge is 0.370 e. The second-order valence-corrected chi connectivity index (χ2v) is 4.38. The van der Waals surface area contributed by atoms with Gasteiger partial charge in [0, 0.05) is 18.5 Å². The lowest BCUT2D eigenvalue weighted by Crippen LogP contribution is -2.05. The molecule has 0 unspecified atom stereocenters. The monoisotopic (exact) mass is 237 g/mol. The minimum atomic E-state index is 0.533. The molecule has 0 atom stereocenters. The Bertz CT molecular complexity index is 386. The molecule has 4 heteroatoms. The minimum Gasteiger partial charge on any atom is -0.370 e. The molecule has 0 bridgehead atoms. The van der Waals surface area contributed by atoms with Gasteiger partial charge in [0.1, 0.15) is 16.8 Å². The Hall–Kier alpha value is -1.09. The zero-order valence-corrected chi connectivity index (χ0v) is 10.2. The van der Waals surface area contributed by atoms with Crippen LogP contribution >= 0.6 is 11.6 Å². The van der Waals surface area contributed by atoms with Gasteiger partial charge in [-0.3, -0.25) is 0 Å². The molecule has 1 aromatic rings. The Balaban J connectivity index is 1.97. The maximum absolute atomic E-state index is 5.96. The fourth-order valence-corrected chi connectivity index (χ4v) is 1.69. The third kappa shape index (κ3) is 3.20.